The molecule has 0 spiro atoms. The van der Waals surface area contributed by atoms with Crippen molar-refractivity contribution in [2.45, 2.75) is 45.6 Å². The summed E-state index contributed by atoms with van der Waals surface area (Å²) in [6, 6.07) is 7.55. The van der Waals surface area contributed by atoms with E-state index in [9.17, 15) is 4.79 Å². The van der Waals surface area contributed by atoms with Crippen LogP contribution in [0.25, 0.3) is 11.3 Å². The molecule has 25 heavy (non-hydrogen) atoms. The van der Waals surface area contributed by atoms with Crippen LogP contribution < -0.4 is 5.32 Å². The van der Waals surface area contributed by atoms with Crippen LogP contribution in [0.2, 0.25) is 5.02 Å². The molecular formula is C20H23ClN2O2. The smallest absolute Gasteiger partial charge is 0.257 e. The highest BCUT2D eigenvalue weighted by Crippen LogP contribution is 2.49. The first kappa shape index (κ1) is 16.6. The molecule has 2 saturated carbocycles. The molecule has 0 radical (unpaired) electrons. The van der Waals surface area contributed by atoms with Gasteiger partial charge in [-0.25, -0.2) is 0 Å². The molecule has 2 fully saturated rings. The third kappa shape index (κ3) is 2.97. The summed E-state index contributed by atoms with van der Waals surface area (Å²) < 4.78 is 5.31. The molecule has 2 aromatic rings. The summed E-state index contributed by atoms with van der Waals surface area (Å²) in [6.07, 6.45) is 5.25. The maximum Gasteiger partial charge on any atom is 0.257 e. The van der Waals surface area contributed by atoms with Crippen molar-refractivity contribution in [3.63, 3.8) is 0 Å². The van der Waals surface area contributed by atoms with Crippen molar-refractivity contribution in [3.05, 3.63) is 40.6 Å². The zero-order valence-electron chi connectivity index (χ0n) is 14.6. The third-order valence-electron chi connectivity index (χ3n) is 6.01. The Morgan fingerprint density at radius 2 is 2.12 bits per heavy atom. The van der Waals surface area contributed by atoms with E-state index in [1.165, 1.54) is 25.7 Å². The highest BCUT2D eigenvalue weighted by molar-refractivity contribution is 6.33. The summed E-state index contributed by atoms with van der Waals surface area (Å²) in [5.74, 6) is 2.63. The molecule has 1 amide bonds. The van der Waals surface area contributed by atoms with Crippen molar-refractivity contribution in [3.8, 4) is 11.3 Å². The largest absolute Gasteiger partial charge is 0.360 e. The van der Waals surface area contributed by atoms with Crippen LogP contribution in [-0.4, -0.2) is 17.1 Å². The van der Waals surface area contributed by atoms with Gasteiger partial charge in [0.1, 0.15) is 17.0 Å². The van der Waals surface area contributed by atoms with Gasteiger partial charge in [-0.05, 0) is 56.9 Å². The van der Waals surface area contributed by atoms with Crippen molar-refractivity contribution in [2.24, 2.45) is 17.8 Å². The molecule has 2 bridgehead atoms. The predicted octanol–water partition coefficient (Wildman–Crippen LogP) is 4.86. The molecule has 2 aliphatic carbocycles. The molecule has 4 nitrogen and oxygen atoms in total. The quantitative estimate of drug-likeness (QED) is 0.849. The van der Waals surface area contributed by atoms with E-state index >= 15 is 0 Å². The monoisotopic (exact) mass is 358 g/mol. The zero-order valence-corrected chi connectivity index (χ0v) is 15.3. The van der Waals surface area contributed by atoms with Gasteiger partial charge in [0.25, 0.3) is 5.91 Å². The minimum absolute atomic E-state index is 0.121. The number of aryl methyl sites for hydroxylation is 1. The summed E-state index contributed by atoms with van der Waals surface area (Å²) in [5.41, 5.74) is 1.72. The van der Waals surface area contributed by atoms with E-state index in [0.29, 0.717) is 28.0 Å². The number of halogens is 1. The second-order valence-electron chi connectivity index (χ2n) is 7.54. The van der Waals surface area contributed by atoms with Crippen LogP contribution in [0.1, 0.15) is 48.7 Å². The van der Waals surface area contributed by atoms with Crippen molar-refractivity contribution >= 4 is 17.5 Å². The van der Waals surface area contributed by atoms with Crippen LogP contribution in [-0.2, 0) is 0 Å². The molecule has 2 aliphatic rings. The maximum absolute atomic E-state index is 13.0. The van der Waals surface area contributed by atoms with E-state index in [0.717, 1.165) is 17.4 Å². The number of carbonyl (C=O) groups is 1. The van der Waals surface area contributed by atoms with Gasteiger partial charge in [0.2, 0.25) is 0 Å². The lowest BCUT2D eigenvalue weighted by Gasteiger charge is -2.28. The van der Waals surface area contributed by atoms with Crippen LogP contribution in [0.5, 0.6) is 0 Å². The Balaban J connectivity index is 1.56. The summed E-state index contributed by atoms with van der Waals surface area (Å²) in [6.45, 7) is 3.89. The summed E-state index contributed by atoms with van der Waals surface area (Å²) in [7, 11) is 0. The van der Waals surface area contributed by atoms with Gasteiger partial charge in [0.15, 0.2) is 0 Å². The number of nitrogens with one attached hydrogen (secondary N) is 1. The van der Waals surface area contributed by atoms with Crippen molar-refractivity contribution in [1.29, 1.82) is 0 Å². The number of nitrogens with zero attached hydrogens (tertiary/aromatic N) is 1. The van der Waals surface area contributed by atoms with Gasteiger partial charge in [-0.2, -0.15) is 0 Å². The van der Waals surface area contributed by atoms with Crippen LogP contribution in [0, 0.1) is 24.7 Å². The highest BCUT2D eigenvalue weighted by Gasteiger charge is 2.42. The number of fused-ring (bicyclic) bond motifs is 2. The molecule has 1 N–H and O–H groups in total. The molecular weight excluding hydrogens is 336 g/mol. The van der Waals surface area contributed by atoms with Crippen molar-refractivity contribution in [2.75, 3.05) is 0 Å². The minimum atomic E-state index is -0.121. The van der Waals surface area contributed by atoms with Gasteiger partial charge in [-0.3, -0.25) is 4.79 Å². The molecule has 132 valence electrons. The maximum atomic E-state index is 13.0. The molecule has 1 heterocycles. The fourth-order valence-electron chi connectivity index (χ4n) is 4.77. The number of hydrogen-bond donors (Lipinski definition) is 1. The average molecular weight is 359 g/mol. The molecule has 4 rings (SSSR count). The number of carbonyl (C=O) groups excluding carboxylic acids is 1. The summed E-state index contributed by atoms with van der Waals surface area (Å²) >= 11 is 6.28. The van der Waals surface area contributed by atoms with Crippen LogP contribution in [0.3, 0.4) is 0 Å². The molecule has 1 aromatic heterocycles. The van der Waals surface area contributed by atoms with Crippen LogP contribution >= 0.6 is 11.6 Å². The summed E-state index contributed by atoms with van der Waals surface area (Å²) in [4.78, 5) is 13.0. The van der Waals surface area contributed by atoms with Crippen molar-refractivity contribution in [1.82, 2.24) is 10.5 Å². The molecule has 0 unspecified atom stereocenters. The van der Waals surface area contributed by atoms with Gasteiger partial charge in [0, 0.05) is 11.6 Å². The van der Waals surface area contributed by atoms with Crippen LogP contribution in [0.4, 0.5) is 0 Å². The third-order valence-corrected chi connectivity index (χ3v) is 6.34. The first-order chi connectivity index (χ1) is 12.0. The fraction of sp³-hybridized carbons (Fsp3) is 0.500. The number of aromatic nitrogens is 1. The Labute approximate surface area is 152 Å². The molecule has 0 saturated heterocycles. The fourth-order valence-corrected chi connectivity index (χ4v) is 4.99. The van der Waals surface area contributed by atoms with E-state index in [4.69, 9.17) is 16.1 Å². The lowest BCUT2D eigenvalue weighted by atomic mass is 9.84. The number of rotatable bonds is 4. The number of hydrogen-bond acceptors (Lipinski definition) is 3. The average Bonchev–Trinajstić information content (AvgIpc) is 3.30. The van der Waals surface area contributed by atoms with Gasteiger partial charge in [0.05, 0.1) is 5.02 Å². The lowest BCUT2D eigenvalue weighted by molar-refractivity contribution is 0.0914. The topological polar surface area (TPSA) is 55.1 Å². The number of benzene rings is 1. The molecule has 1 aromatic carbocycles. The standard InChI is InChI=1S/C20H23ClN2O2/c1-11(16-10-13-7-8-14(16)9-13)22-20(24)18-12(2)25-23-19(18)15-5-3-4-6-17(15)21/h3-6,11,13-14,16H,7-10H2,1-2H3,(H,22,24)/t11-,13-,14-,16+/m1/s1. The first-order valence-corrected chi connectivity index (χ1v) is 9.44. The van der Waals surface area contributed by atoms with E-state index in [1.54, 1.807) is 13.0 Å². The zero-order chi connectivity index (χ0) is 17.6. The Bertz CT molecular complexity index is 801. The SMILES string of the molecule is Cc1onc(-c2ccccc2Cl)c1C(=O)N[C@H](C)[C@@H]1C[C@@H]2CC[C@@H]1C2. The Hall–Kier alpha value is -1.81. The van der Waals surface area contributed by atoms with Gasteiger partial charge < -0.3 is 9.84 Å². The van der Waals surface area contributed by atoms with Crippen LogP contribution in [0.15, 0.2) is 28.8 Å². The van der Waals surface area contributed by atoms with Crippen molar-refractivity contribution < 1.29 is 9.32 Å². The molecule has 5 heteroatoms. The normalized spacial score (nSPS) is 26.0. The van der Waals surface area contributed by atoms with Gasteiger partial charge in [-0.1, -0.05) is 41.4 Å². The number of amides is 1. The van der Waals surface area contributed by atoms with Gasteiger partial charge >= 0.3 is 0 Å². The summed E-state index contributed by atoms with van der Waals surface area (Å²) in [5, 5.41) is 7.85. The van der Waals surface area contributed by atoms with E-state index < -0.39 is 0 Å². The minimum Gasteiger partial charge on any atom is -0.360 e. The van der Waals surface area contributed by atoms with E-state index in [-0.39, 0.29) is 11.9 Å². The second-order valence-corrected chi connectivity index (χ2v) is 7.95. The lowest BCUT2D eigenvalue weighted by Crippen LogP contribution is -2.40. The molecule has 0 aliphatic heterocycles. The van der Waals surface area contributed by atoms with E-state index in [2.05, 4.69) is 17.4 Å². The predicted molar refractivity (Wildman–Crippen MR) is 97.6 cm³/mol. The van der Waals surface area contributed by atoms with Gasteiger partial charge in [-0.15, -0.1) is 0 Å². The Kier molecular flexibility index (Phi) is 4.32. The molecule has 4 atom stereocenters. The van der Waals surface area contributed by atoms with E-state index in [1.807, 2.05) is 18.2 Å². The Morgan fingerprint density at radius 1 is 1.32 bits per heavy atom. The second kappa shape index (κ2) is 6.49. The Morgan fingerprint density at radius 3 is 2.80 bits per heavy atom. The highest BCUT2D eigenvalue weighted by atomic mass is 35.5. The first-order valence-electron chi connectivity index (χ1n) is 9.06.